The third-order valence-electron chi connectivity index (χ3n) is 3.22. The lowest BCUT2D eigenvalue weighted by atomic mass is 10.1. The van der Waals surface area contributed by atoms with Gasteiger partial charge in [-0.3, -0.25) is 19.8 Å². The van der Waals surface area contributed by atoms with Crippen LogP contribution in [0.15, 0.2) is 12.4 Å². The highest BCUT2D eigenvalue weighted by Crippen LogP contribution is 2.24. The number of aryl methyl sites for hydroxylation is 3. The van der Waals surface area contributed by atoms with Gasteiger partial charge < -0.3 is 5.32 Å². The van der Waals surface area contributed by atoms with Crippen molar-refractivity contribution in [3.8, 4) is 0 Å². The Morgan fingerprint density at radius 3 is 2.65 bits per heavy atom. The molecule has 2 heterocycles. The number of hydrogen-bond acceptors (Lipinski definition) is 5. The molecule has 20 heavy (non-hydrogen) atoms. The molecule has 2 rings (SSSR count). The first-order valence-corrected chi connectivity index (χ1v) is 6.23. The maximum atomic E-state index is 11.1. The predicted molar refractivity (Wildman–Crippen MR) is 75.6 cm³/mol. The fraction of sp³-hybridized carbons (Fsp3) is 0.385. The van der Waals surface area contributed by atoms with Gasteiger partial charge in [0.25, 0.3) is 5.69 Å². The molecule has 7 nitrogen and oxygen atoms in total. The van der Waals surface area contributed by atoms with Crippen LogP contribution in [0, 0.1) is 30.9 Å². The molecule has 0 radical (unpaired) electrons. The standard InChI is InChI=1S/C13H17N5O2/c1-8-5-14-11(9(2)13(8)18(19)20)6-15-12-7-17(4)16-10(12)3/h5,7,15H,6H2,1-4H3. The lowest BCUT2D eigenvalue weighted by molar-refractivity contribution is -0.386. The molecule has 0 fully saturated rings. The number of aromatic nitrogens is 3. The van der Waals surface area contributed by atoms with E-state index in [0.29, 0.717) is 23.4 Å². The Labute approximate surface area is 116 Å². The highest BCUT2D eigenvalue weighted by atomic mass is 16.6. The van der Waals surface area contributed by atoms with Crippen molar-refractivity contribution in [1.29, 1.82) is 0 Å². The molecule has 0 aliphatic carbocycles. The van der Waals surface area contributed by atoms with E-state index in [2.05, 4.69) is 15.4 Å². The maximum Gasteiger partial charge on any atom is 0.278 e. The van der Waals surface area contributed by atoms with Crippen LogP contribution in [-0.4, -0.2) is 19.7 Å². The summed E-state index contributed by atoms with van der Waals surface area (Å²) < 4.78 is 1.72. The molecule has 0 amide bonds. The number of nitro groups is 1. The van der Waals surface area contributed by atoms with Gasteiger partial charge in [0.05, 0.1) is 34.1 Å². The van der Waals surface area contributed by atoms with Crippen LogP contribution in [0.2, 0.25) is 0 Å². The van der Waals surface area contributed by atoms with Gasteiger partial charge in [0.1, 0.15) is 0 Å². The van der Waals surface area contributed by atoms with Crippen molar-refractivity contribution in [1.82, 2.24) is 14.8 Å². The molecular weight excluding hydrogens is 258 g/mol. The van der Waals surface area contributed by atoms with Crippen LogP contribution in [-0.2, 0) is 13.6 Å². The second-order valence-electron chi connectivity index (χ2n) is 4.77. The van der Waals surface area contributed by atoms with Gasteiger partial charge in [-0.05, 0) is 20.8 Å². The summed E-state index contributed by atoms with van der Waals surface area (Å²) in [6.45, 7) is 5.76. The second kappa shape index (κ2) is 5.28. The van der Waals surface area contributed by atoms with Crippen molar-refractivity contribution in [2.75, 3.05) is 5.32 Å². The Morgan fingerprint density at radius 2 is 2.10 bits per heavy atom. The molecular formula is C13H17N5O2. The van der Waals surface area contributed by atoms with Crippen LogP contribution < -0.4 is 5.32 Å². The summed E-state index contributed by atoms with van der Waals surface area (Å²) in [5.74, 6) is 0. The molecule has 0 unspecified atom stereocenters. The number of anilines is 1. The molecule has 0 aliphatic rings. The molecule has 0 aliphatic heterocycles. The van der Waals surface area contributed by atoms with Gasteiger partial charge in [0.15, 0.2) is 0 Å². The Balaban J connectivity index is 2.24. The molecule has 0 atom stereocenters. The van der Waals surface area contributed by atoms with Gasteiger partial charge in [-0.15, -0.1) is 0 Å². The Hall–Kier alpha value is -2.44. The normalized spacial score (nSPS) is 10.6. The van der Waals surface area contributed by atoms with Gasteiger partial charge in [0, 0.05) is 25.0 Å². The lowest BCUT2D eigenvalue weighted by Crippen LogP contribution is -2.07. The number of nitrogens with one attached hydrogen (secondary N) is 1. The van der Waals surface area contributed by atoms with E-state index < -0.39 is 0 Å². The van der Waals surface area contributed by atoms with Crippen LogP contribution in [0.1, 0.15) is 22.5 Å². The maximum absolute atomic E-state index is 11.1. The van der Waals surface area contributed by atoms with Crippen molar-refractivity contribution < 1.29 is 4.92 Å². The molecule has 106 valence electrons. The quantitative estimate of drug-likeness (QED) is 0.683. The van der Waals surface area contributed by atoms with Gasteiger partial charge in [0.2, 0.25) is 0 Å². The van der Waals surface area contributed by atoms with Gasteiger partial charge in [-0.2, -0.15) is 5.10 Å². The average molecular weight is 275 g/mol. The van der Waals surface area contributed by atoms with Crippen molar-refractivity contribution in [3.63, 3.8) is 0 Å². The summed E-state index contributed by atoms with van der Waals surface area (Å²) in [7, 11) is 1.85. The summed E-state index contributed by atoms with van der Waals surface area (Å²) in [6, 6.07) is 0. The first-order chi connectivity index (χ1) is 9.40. The van der Waals surface area contributed by atoms with Gasteiger partial charge in [-0.25, -0.2) is 0 Å². The lowest BCUT2D eigenvalue weighted by Gasteiger charge is -2.09. The number of pyridine rings is 1. The summed E-state index contributed by atoms with van der Waals surface area (Å²) in [6.07, 6.45) is 3.41. The molecule has 0 spiro atoms. The van der Waals surface area contributed by atoms with Crippen molar-refractivity contribution in [2.24, 2.45) is 7.05 Å². The van der Waals surface area contributed by atoms with Crippen molar-refractivity contribution in [3.05, 3.63) is 45.0 Å². The summed E-state index contributed by atoms with van der Waals surface area (Å²) >= 11 is 0. The van der Waals surface area contributed by atoms with Crippen LogP contribution in [0.4, 0.5) is 11.4 Å². The van der Waals surface area contributed by atoms with Crippen LogP contribution in [0.5, 0.6) is 0 Å². The second-order valence-corrected chi connectivity index (χ2v) is 4.77. The minimum atomic E-state index is -0.356. The Kier molecular flexibility index (Phi) is 3.69. The van der Waals surface area contributed by atoms with Crippen LogP contribution in [0.3, 0.4) is 0 Å². The number of rotatable bonds is 4. The minimum absolute atomic E-state index is 0.139. The average Bonchev–Trinajstić information content (AvgIpc) is 2.66. The van der Waals surface area contributed by atoms with Crippen LogP contribution >= 0.6 is 0 Å². The first-order valence-electron chi connectivity index (χ1n) is 6.23. The van der Waals surface area contributed by atoms with E-state index in [1.54, 1.807) is 18.5 Å². The SMILES string of the molecule is Cc1cnc(CNc2cn(C)nc2C)c(C)c1[N+](=O)[O-]. The van der Waals surface area contributed by atoms with Crippen molar-refractivity contribution >= 4 is 11.4 Å². The van der Waals surface area contributed by atoms with E-state index in [4.69, 9.17) is 0 Å². The largest absolute Gasteiger partial charge is 0.377 e. The van der Waals surface area contributed by atoms with Gasteiger partial charge >= 0.3 is 0 Å². The topological polar surface area (TPSA) is 85.9 Å². The van der Waals surface area contributed by atoms with E-state index in [1.807, 2.05) is 20.2 Å². The highest BCUT2D eigenvalue weighted by Gasteiger charge is 2.18. The van der Waals surface area contributed by atoms with Crippen molar-refractivity contribution in [2.45, 2.75) is 27.3 Å². The van der Waals surface area contributed by atoms with E-state index in [-0.39, 0.29) is 10.6 Å². The van der Waals surface area contributed by atoms with E-state index in [9.17, 15) is 10.1 Å². The zero-order valence-electron chi connectivity index (χ0n) is 12.0. The Bertz CT molecular complexity index is 663. The highest BCUT2D eigenvalue weighted by molar-refractivity contribution is 5.50. The summed E-state index contributed by atoms with van der Waals surface area (Å²) in [5.41, 5.74) is 3.77. The predicted octanol–water partition coefficient (Wildman–Crippen LogP) is 2.26. The molecule has 0 bridgehead atoms. The monoisotopic (exact) mass is 275 g/mol. The molecule has 2 aromatic heterocycles. The summed E-state index contributed by atoms with van der Waals surface area (Å²) in [4.78, 5) is 15.0. The summed E-state index contributed by atoms with van der Waals surface area (Å²) in [5, 5.41) is 18.5. The Morgan fingerprint density at radius 1 is 1.40 bits per heavy atom. The molecule has 2 aromatic rings. The third kappa shape index (κ3) is 2.61. The molecule has 7 heteroatoms. The molecule has 0 aromatic carbocycles. The molecule has 0 saturated carbocycles. The minimum Gasteiger partial charge on any atom is -0.377 e. The zero-order chi connectivity index (χ0) is 14.9. The van der Waals surface area contributed by atoms with E-state index in [0.717, 1.165) is 11.4 Å². The van der Waals surface area contributed by atoms with Gasteiger partial charge in [-0.1, -0.05) is 0 Å². The van der Waals surface area contributed by atoms with E-state index in [1.165, 1.54) is 6.20 Å². The zero-order valence-corrected chi connectivity index (χ0v) is 12.0. The fourth-order valence-corrected chi connectivity index (χ4v) is 2.18. The fourth-order valence-electron chi connectivity index (χ4n) is 2.18. The van der Waals surface area contributed by atoms with Crippen LogP contribution in [0.25, 0.3) is 0 Å². The van der Waals surface area contributed by atoms with E-state index >= 15 is 0 Å². The third-order valence-corrected chi connectivity index (χ3v) is 3.22. The number of nitrogens with zero attached hydrogens (tertiary/aromatic N) is 4. The smallest absolute Gasteiger partial charge is 0.278 e. The number of hydrogen-bond donors (Lipinski definition) is 1. The molecule has 1 N–H and O–H groups in total. The first kappa shape index (κ1) is 14.0. The molecule has 0 saturated heterocycles.